The van der Waals surface area contributed by atoms with Crippen LogP contribution in [0, 0.1) is 4.91 Å². The number of ether oxygens (including phenoxy) is 6. The van der Waals surface area contributed by atoms with Gasteiger partial charge in [-0.05, 0) is 99.2 Å². The van der Waals surface area contributed by atoms with Crippen LogP contribution in [0.25, 0.3) is 11.1 Å². The van der Waals surface area contributed by atoms with Crippen LogP contribution >= 0.6 is 23.2 Å². The fourth-order valence-corrected chi connectivity index (χ4v) is 6.56. The van der Waals surface area contributed by atoms with E-state index in [4.69, 9.17) is 51.6 Å². The molecule has 0 unspecified atom stereocenters. The summed E-state index contributed by atoms with van der Waals surface area (Å²) in [6.45, 7) is 21.1. The summed E-state index contributed by atoms with van der Waals surface area (Å²) < 4.78 is 34.7. The zero-order valence-electron chi connectivity index (χ0n) is 40.3. The van der Waals surface area contributed by atoms with Crippen LogP contribution < -0.4 is 14.8 Å². The third-order valence-corrected chi connectivity index (χ3v) is 10.2. The molecule has 63 heavy (non-hydrogen) atoms. The van der Waals surface area contributed by atoms with Crippen LogP contribution in [0.1, 0.15) is 131 Å². The predicted molar refractivity (Wildman–Crippen MR) is 260 cm³/mol. The van der Waals surface area contributed by atoms with Crippen molar-refractivity contribution in [1.29, 1.82) is 0 Å². The quantitative estimate of drug-likeness (QED) is 0.0429. The number of hydrogen-bond acceptors (Lipinski definition) is 10. The number of rotatable bonds is 28. The Bertz CT molecular complexity index is 1640. The van der Waals surface area contributed by atoms with E-state index >= 15 is 0 Å². The van der Waals surface area contributed by atoms with Gasteiger partial charge in [0.05, 0.1) is 63.5 Å². The molecule has 13 heteroatoms. The predicted octanol–water partition coefficient (Wildman–Crippen LogP) is 13.3. The molecule has 0 aromatic heterocycles. The van der Waals surface area contributed by atoms with E-state index in [2.05, 4.69) is 52.0 Å². The number of nitrogens with zero attached hydrogens (tertiary/aromatic N) is 1. The number of carbonyl (C=O) groups is 2. The topological polar surface area (TPSA) is 131 Å². The van der Waals surface area contributed by atoms with Crippen LogP contribution in [-0.4, -0.2) is 77.2 Å². The first-order valence-corrected chi connectivity index (χ1v) is 23.1. The summed E-state index contributed by atoms with van der Waals surface area (Å²) in [6, 6.07) is 15.6. The highest BCUT2D eigenvalue weighted by atomic mass is 35.5. The largest absolute Gasteiger partial charge is 0.496 e. The fraction of sp³-hybridized carbons (Fsp3) is 0.600. The minimum absolute atomic E-state index is 0.00395. The van der Waals surface area contributed by atoms with Crippen LogP contribution in [0.3, 0.4) is 0 Å². The zero-order valence-corrected chi connectivity index (χ0v) is 41.8. The summed E-state index contributed by atoms with van der Waals surface area (Å²) >= 11 is 11.1. The molecule has 1 N–H and O–H groups in total. The van der Waals surface area contributed by atoms with E-state index in [0.717, 1.165) is 35.1 Å². The highest BCUT2D eigenvalue weighted by Gasteiger charge is 2.23. The molecule has 0 spiro atoms. The number of nitrogens with one attached hydrogen (secondary N) is 1. The molecule has 0 saturated heterocycles. The number of ketones is 1. The lowest BCUT2D eigenvalue weighted by molar-refractivity contribution is -0.123. The Morgan fingerprint density at radius 3 is 1.71 bits per heavy atom. The second-order valence-electron chi connectivity index (χ2n) is 15.8. The number of halogens is 2. The number of benzene rings is 3. The minimum Gasteiger partial charge on any atom is -0.496 e. The van der Waals surface area contributed by atoms with Crippen molar-refractivity contribution in [3.05, 3.63) is 80.7 Å². The average Bonchev–Trinajstić information content (AvgIpc) is 3.27. The van der Waals surface area contributed by atoms with Crippen LogP contribution in [0.5, 0.6) is 11.5 Å². The molecule has 0 radical (unpaired) electrons. The molecule has 1 amide bonds. The van der Waals surface area contributed by atoms with Gasteiger partial charge in [0, 0.05) is 30.2 Å². The normalized spacial score (nSPS) is 11.4. The molecule has 3 aromatic carbocycles. The molecular formula is C50H78Cl2N2O9. The van der Waals surface area contributed by atoms with Gasteiger partial charge in [-0.3, -0.25) is 9.59 Å². The highest BCUT2D eigenvalue weighted by Crippen LogP contribution is 2.40. The monoisotopic (exact) mass is 921 g/mol. The first-order valence-electron chi connectivity index (χ1n) is 22.3. The van der Waals surface area contributed by atoms with Crippen molar-refractivity contribution < 1.29 is 38.0 Å². The number of nitroso groups, excluding NO2 is 1. The zero-order chi connectivity index (χ0) is 47.7. The Kier molecular flexibility index (Phi) is 32.8. The number of unbranched alkanes of at least 4 members (excludes halogenated alkanes) is 5. The van der Waals surface area contributed by atoms with E-state index in [0.29, 0.717) is 73.8 Å². The molecule has 0 aliphatic heterocycles. The van der Waals surface area contributed by atoms with Gasteiger partial charge < -0.3 is 33.7 Å². The SMILES string of the molecule is CC.CCC(=O)[C@H](Cc1ccc(-c2c(OC)cc(COCCOC(C)(C)CCOC(C)(C)CCOC)cc2OC)cc1)NC=O.CCCCCCCC.O=Nc1cc(Cl)cc(Cl)c1. The van der Waals surface area contributed by atoms with Gasteiger partial charge in [0.15, 0.2) is 5.78 Å². The summed E-state index contributed by atoms with van der Waals surface area (Å²) in [5.41, 5.74) is 3.28. The van der Waals surface area contributed by atoms with Gasteiger partial charge in [-0.15, -0.1) is 4.91 Å². The van der Waals surface area contributed by atoms with Crippen molar-refractivity contribution in [1.82, 2.24) is 5.32 Å². The molecule has 3 aromatic rings. The first-order chi connectivity index (χ1) is 30.1. The Balaban J connectivity index is 0.00000157. The number of methoxy groups -OCH3 is 3. The van der Waals surface area contributed by atoms with Crippen molar-refractivity contribution in [2.45, 2.75) is 150 Å². The molecule has 0 aliphatic carbocycles. The summed E-state index contributed by atoms with van der Waals surface area (Å²) in [5.74, 6) is 1.33. The Hall–Kier alpha value is -3.58. The lowest BCUT2D eigenvalue weighted by Crippen LogP contribution is -2.37. The van der Waals surface area contributed by atoms with Gasteiger partial charge in [0.25, 0.3) is 0 Å². The van der Waals surface area contributed by atoms with Crippen molar-refractivity contribution >= 4 is 41.1 Å². The van der Waals surface area contributed by atoms with E-state index in [-0.39, 0.29) is 22.7 Å². The van der Waals surface area contributed by atoms with Crippen molar-refractivity contribution in [3.8, 4) is 22.6 Å². The first kappa shape index (κ1) is 59.4. The molecular weight excluding hydrogens is 843 g/mol. The lowest BCUT2D eigenvalue weighted by Gasteiger charge is -2.29. The Morgan fingerprint density at radius 2 is 1.25 bits per heavy atom. The summed E-state index contributed by atoms with van der Waals surface area (Å²) in [7, 11) is 4.95. The maximum Gasteiger partial charge on any atom is 0.207 e. The maximum absolute atomic E-state index is 12.2. The molecule has 0 heterocycles. The Morgan fingerprint density at radius 1 is 0.730 bits per heavy atom. The standard InChI is InChI=1S/C34H51NO8.C8H18.C6H3Cl2NO.C2H6/c1-9-29(37)28(35-24-36)20-25-10-12-27(13-11-25)32-30(39-7)21-26(22-31(32)40-8)23-41-18-19-43-34(4,5)15-17-42-33(2,3)14-16-38-6;1-3-5-7-8-6-4-2;7-4-1-5(8)3-6(2-4)9-10;1-2/h10-13,21-22,24,28H,9,14-20,23H2,1-8H3,(H,35,36);3-8H2,1-2H3;1-3H;1-2H3/t28-;;;/m0.../s1. The van der Waals surface area contributed by atoms with Crippen molar-refractivity contribution in [2.75, 3.05) is 47.8 Å². The van der Waals surface area contributed by atoms with Crippen molar-refractivity contribution in [2.24, 2.45) is 5.18 Å². The second kappa shape index (κ2) is 34.8. The second-order valence-corrected chi connectivity index (χ2v) is 16.7. The van der Waals surface area contributed by atoms with Gasteiger partial charge in [-0.25, -0.2) is 0 Å². The van der Waals surface area contributed by atoms with Gasteiger partial charge in [-0.1, -0.05) is 121 Å². The number of carbonyl (C=O) groups excluding carboxylic acids is 2. The molecule has 356 valence electrons. The number of hydrogen-bond donors (Lipinski definition) is 1. The Labute approximate surface area is 389 Å². The molecule has 11 nitrogen and oxygen atoms in total. The number of Topliss-reactive ketones (excluding diaryl/α,β-unsaturated/α-hetero) is 1. The molecule has 0 saturated carbocycles. The van der Waals surface area contributed by atoms with E-state index < -0.39 is 6.04 Å². The van der Waals surface area contributed by atoms with E-state index in [9.17, 15) is 14.5 Å². The highest BCUT2D eigenvalue weighted by molar-refractivity contribution is 6.35. The smallest absolute Gasteiger partial charge is 0.207 e. The molecule has 0 aliphatic rings. The van der Waals surface area contributed by atoms with Crippen LogP contribution in [0.2, 0.25) is 10.0 Å². The molecule has 0 fully saturated rings. The maximum atomic E-state index is 12.2. The van der Waals surface area contributed by atoms with E-state index in [1.54, 1.807) is 28.3 Å². The van der Waals surface area contributed by atoms with E-state index in [1.165, 1.54) is 56.7 Å². The third kappa shape index (κ3) is 26.1. The summed E-state index contributed by atoms with van der Waals surface area (Å²) in [5, 5.41) is 6.13. The average molecular weight is 922 g/mol. The van der Waals surface area contributed by atoms with Crippen LogP contribution in [0.15, 0.2) is 59.8 Å². The molecule has 1 atom stereocenters. The van der Waals surface area contributed by atoms with Gasteiger partial charge >= 0.3 is 0 Å². The van der Waals surface area contributed by atoms with Crippen molar-refractivity contribution in [3.63, 3.8) is 0 Å². The summed E-state index contributed by atoms with van der Waals surface area (Å²) in [6.07, 6.45) is 11.5. The lowest BCUT2D eigenvalue weighted by atomic mass is 9.96. The fourth-order valence-electron chi connectivity index (χ4n) is 6.05. The van der Waals surface area contributed by atoms with Gasteiger partial charge in [0.1, 0.15) is 17.2 Å². The third-order valence-electron chi connectivity index (χ3n) is 9.76. The summed E-state index contributed by atoms with van der Waals surface area (Å²) in [4.78, 5) is 33.1. The molecule has 0 bridgehead atoms. The van der Waals surface area contributed by atoms with Crippen LogP contribution in [-0.2, 0) is 41.6 Å². The van der Waals surface area contributed by atoms with Gasteiger partial charge in [0.2, 0.25) is 6.41 Å². The van der Waals surface area contributed by atoms with E-state index in [1.807, 2.05) is 50.2 Å². The number of amides is 1. The molecule has 3 rings (SSSR count). The van der Waals surface area contributed by atoms with Crippen LogP contribution in [0.4, 0.5) is 5.69 Å². The van der Waals surface area contributed by atoms with Gasteiger partial charge in [-0.2, -0.15) is 0 Å². The minimum atomic E-state index is -0.536.